The smallest absolute Gasteiger partial charge is 0.322 e. The van der Waals surface area contributed by atoms with Crippen LogP contribution in [0.5, 0.6) is 0 Å². The number of anilines is 1. The lowest BCUT2D eigenvalue weighted by atomic mass is 10.1. The summed E-state index contributed by atoms with van der Waals surface area (Å²) < 4.78 is 51.2. The number of hydrogen-bond acceptors (Lipinski definition) is 2. The Morgan fingerprint density at radius 1 is 1.17 bits per heavy atom. The predicted molar refractivity (Wildman–Crippen MR) is 75.2 cm³/mol. The number of nitriles is 1. The number of amides is 1. The number of nitrogens with zero attached hydrogens (tertiary/aromatic N) is 1. The molecule has 0 spiro atoms. The van der Waals surface area contributed by atoms with Crippen LogP contribution in [0.1, 0.15) is 27.0 Å². The second-order valence-electron chi connectivity index (χ2n) is 4.79. The normalized spacial score (nSPS) is 11.0. The predicted octanol–water partition coefficient (Wildman–Crippen LogP) is 4.28. The van der Waals surface area contributed by atoms with Crippen molar-refractivity contribution in [2.45, 2.75) is 13.1 Å². The monoisotopic (exact) mass is 322 g/mol. The molecule has 2 aromatic carbocycles. The van der Waals surface area contributed by atoms with E-state index in [2.05, 4.69) is 5.32 Å². The number of carbonyl (C=O) groups is 1. The highest BCUT2D eigenvalue weighted by Crippen LogP contribution is 2.30. The fourth-order valence-corrected chi connectivity index (χ4v) is 1.89. The van der Waals surface area contributed by atoms with Crippen LogP contribution < -0.4 is 5.32 Å². The van der Waals surface area contributed by atoms with Crippen LogP contribution in [0.2, 0.25) is 0 Å². The largest absolute Gasteiger partial charge is 0.416 e. The van der Waals surface area contributed by atoms with Crippen LogP contribution >= 0.6 is 0 Å². The second-order valence-corrected chi connectivity index (χ2v) is 4.79. The number of benzene rings is 2. The van der Waals surface area contributed by atoms with Crippen LogP contribution in [0, 0.1) is 24.1 Å². The molecule has 3 nitrogen and oxygen atoms in total. The minimum atomic E-state index is -4.69. The van der Waals surface area contributed by atoms with Crippen molar-refractivity contribution in [3.8, 4) is 6.07 Å². The summed E-state index contributed by atoms with van der Waals surface area (Å²) in [6.45, 7) is 1.67. The molecule has 1 N–H and O–H groups in total. The summed E-state index contributed by atoms with van der Waals surface area (Å²) in [6, 6.07) is 8.11. The van der Waals surface area contributed by atoms with E-state index in [4.69, 9.17) is 5.26 Å². The van der Waals surface area contributed by atoms with E-state index in [0.29, 0.717) is 17.2 Å². The maximum absolute atomic E-state index is 13.8. The maximum atomic E-state index is 13.8. The van der Waals surface area contributed by atoms with E-state index in [1.165, 1.54) is 6.07 Å². The van der Waals surface area contributed by atoms with Crippen LogP contribution in [-0.2, 0) is 6.18 Å². The van der Waals surface area contributed by atoms with Crippen molar-refractivity contribution in [3.05, 3.63) is 64.5 Å². The molecule has 2 aromatic rings. The fourth-order valence-electron chi connectivity index (χ4n) is 1.89. The highest BCUT2D eigenvalue weighted by molar-refractivity contribution is 6.05. The Kier molecular flexibility index (Phi) is 4.36. The Morgan fingerprint density at radius 2 is 1.87 bits per heavy atom. The van der Waals surface area contributed by atoms with E-state index in [0.717, 1.165) is 6.07 Å². The summed E-state index contributed by atoms with van der Waals surface area (Å²) >= 11 is 0. The molecule has 1 amide bonds. The quantitative estimate of drug-likeness (QED) is 0.839. The number of hydrogen-bond donors (Lipinski definition) is 1. The minimum absolute atomic E-state index is 0.271. The molecular weight excluding hydrogens is 312 g/mol. The van der Waals surface area contributed by atoms with E-state index >= 15 is 0 Å². The Labute approximate surface area is 129 Å². The zero-order chi connectivity index (χ0) is 17.2. The lowest BCUT2D eigenvalue weighted by molar-refractivity contribution is -0.137. The van der Waals surface area contributed by atoms with Crippen molar-refractivity contribution >= 4 is 11.6 Å². The highest BCUT2D eigenvalue weighted by atomic mass is 19.4. The molecule has 7 heteroatoms. The molecule has 0 unspecified atom stereocenters. The van der Waals surface area contributed by atoms with Gasteiger partial charge in [0, 0.05) is 5.69 Å². The average Bonchev–Trinajstić information content (AvgIpc) is 2.48. The number of carbonyl (C=O) groups excluding carboxylic acids is 1. The summed E-state index contributed by atoms with van der Waals surface area (Å²) in [7, 11) is 0. The molecule has 0 bridgehead atoms. The van der Waals surface area contributed by atoms with Crippen molar-refractivity contribution in [1.82, 2.24) is 0 Å². The number of halogens is 4. The van der Waals surface area contributed by atoms with Gasteiger partial charge in [-0.25, -0.2) is 4.39 Å². The van der Waals surface area contributed by atoms with E-state index in [1.54, 1.807) is 19.1 Å². The lowest BCUT2D eigenvalue weighted by Crippen LogP contribution is -2.16. The Hall–Kier alpha value is -2.88. The molecule has 0 heterocycles. The molecule has 0 saturated carbocycles. The van der Waals surface area contributed by atoms with Gasteiger partial charge < -0.3 is 5.32 Å². The molecule has 0 aliphatic carbocycles. The molecule has 0 aliphatic rings. The van der Waals surface area contributed by atoms with Gasteiger partial charge >= 0.3 is 6.18 Å². The molecule has 2 rings (SSSR count). The zero-order valence-corrected chi connectivity index (χ0v) is 11.8. The first-order chi connectivity index (χ1) is 10.7. The third kappa shape index (κ3) is 3.66. The SMILES string of the molecule is Cc1ccc(C#N)cc1NC(=O)c1ccc(C(F)(F)F)cc1F. The zero-order valence-electron chi connectivity index (χ0n) is 11.8. The van der Waals surface area contributed by atoms with E-state index < -0.39 is 29.0 Å². The summed E-state index contributed by atoms with van der Waals surface area (Å²) in [6.07, 6.45) is -4.69. The van der Waals surface area contributed by atoms with Crippen LogP contribution in [0.15, 0.2) is 36.4 Å². The van der Waals surface area contributed by atoms with Gasteiger partial charge in [0.15, 0.2) is 0 Å². The van der Waals surface area contributed by atoms with Gasteiger partial charge in [-0.05, 0) is 42.8 Å². The van der Waals surface area contributed by atoms with Crippen molar-refractivity contribution in [2.24, 2.45) is 0 Å². The standard InChI is InChI=1S/C16H10F4N2O/c1-9-2-3-10(8-21)6-14(9)22-15(23)12-5-4-11(7-13(12)17)16(18,19)20/h2-7H,1H3,(H,22,23). The van der Waals surface area contributed by atoms with Crippen molar-refractivity contribution in [3.63, 3.8) is 0 Å². The van der Waals surface area contributed by atoms with Gasteiger partial charge in [-0.2, -0.15) is 18.4 Å². The highest BCUT2D eigenvalue weighted by Gasteiger charge is 2.31. The Morgan fingerprint density at radius 3 is 2.43 bits per heavy atom. The van der Waals surface area contributed by atoms with Gasteiger partial charge in [0.1, 0.15) is 5.82 Å². The van der Waals surface area contributed by atoms with Crippen molar-refractivity contribution < 1.29 is 22.4 Å². The van der Waals surface area contributed by atoms with Crippen LogP contribution in [0.4, 0.5) is 23.2 Å². The number of alkyl halides is 3. The molecule has 0 saturated heterocycles. The number of aryl methyl sites for hydroxylation is 1. The van der Waals surface area contributed by atoms with E-state index in [-0.39, 0.29) is 11.8 Å². The molecule has 118 valence electrons. The molecule has 0 aromatic heterocycles. The Bertz CT molecular complexity index is 807. The topological polar surface area (TPSA) is 52.9 Å². The van der Waals surface area contributed by atoms with Crippen LogP contribution in [-0.4, -0.2) is 5.91 Å². The molecule has 23 heavy (non-hydrogen) atoms. The number of rotatable bonds is 2. The van der Waals surface area contributed by atoms with Gasteiger partial charge in [-0.15, -0.1) is 0 Å². The van der Waals surface area contributed by atoms with Crippen molar-refractivity contribution in [1.29, 1.82) is 5.26 Å². The molecular formula is C16H10F4N2O. The fraction of sp³-hybridized carbons (Fsp3) is 0.125. The first-order valence-corrected chi connectivity index (χ1v) is 6.41. The van der Waals surface area contributed by atoms with E-state index in [1.807, 2.05) is 6.07 Å². The second kappa shape index (κ2) is 6.08. The summed E-state index contributed by atoms with van der Waals surface area (Å²) in [4.78, 5) is 12.0. The minimum Gasteiger partial charge on any atom is -0.322 e. The third-order valence-corrected chi connectivity index (χ3v) is 3.16. The maximum Gasteiger partial charge on any atom is 0.416 e. The van der Waals surface area contributed by atoms with Crippen LogP contribution in [0.3, 0.4) is 0 Å². The summed E-state index contributed by atoms with van der Waals surface area (Å²) in [5.41, 5.74) is -0.481. The Balaban J connectivity index is 2.30. The van der Waals surface area contributed by atoms with Gasteiger partial charge in [0.2, 0.25) is 0 Å². The average molecular weight is 322 g/mol. The molecule has 0 fully saturated rings. The molecule has 0 radical (unpaired) electrons. The molecule has 0 aliphatic heterocycles. The third-order valence-electron chi connectivity index (χ3n) is 3.16. The van der Waals surface area contributed by atoms with Gasteiger partial charge in [0.05, 0.1) is 22.8 Å². The lowest BCUT2D eigenvalue weighted by Gasteiger charge is -2.11. The van der Waals surface area contributed by atoms with Crippen molar-refractivity contribution in [2.75, 3.05) is 5.32 Å². The molecule has 0 atom stereocenters. The van der Waals surface area contributed by atoms with Crippen LogP contribution in [0.25, 0.3) is 0 Å². The number of nitrogens with one attached hydrogen (secondary N) is 1. The summed E-state index contributed by atoms with van der Waals surface area (Å²) in [5, 5.41) is 11.2. The van der Waals surface area contributed by atoms with Gasteiger partial charge in [-0.1, -0.05) is 6.07 Å². The first-order valence-electron chi connectivity index (χ1n) is 6.41. The van der Waals surface area contributed by atoms with Gasteiger partial charge in [0.25, 0.3) is 5.91 Å². The first kappa shape index (κ1) is 16.5. The van der Waals surface area contributed by atoms with E-state index in [9.17, 15) is 22.4 Å². The van der Waals surface area contributed by atoms with Gasteiger partial charge in [-0.3, -0.25) is 4.79 Å². The summed E-state index contributed by atoms with van der Waals surface area (Å²) in [5.74, 6) is -2.17.